The van der Waals surface area contributed by atoms with Gasteiger partial charge in [-0.05, 0) is 79.5 Å². The zero-order valence-electron chi connectivity index (χ0n) is 21.6. The fourth-order valence-corrected chi connectivity index (χ4v) is 9.24. The summed E-state index contributed by atoms with van der Waals surface area (Å²) >= 11 is 3.93. The molecule has 3 aromatic rings. The predicted octanol–water partition coefficient (Wildman–Crippen LogP) is 7.35. The fourth-order valence-electron chi connectivity index (χ4n) is 7.77. The molecule has 0 saturated heterocycles. The van der Waals surface area contributed by atoms with Crippen molar-refractivity contribution in [3.05, 3.63) is 77.4 Å². The molecule has 5 nitrogen and oxygen atoms in total. The summed E-state index contributed by atoms with van der Waals surface area (Å²) in [6, 6.07) is 14.4. The van der Waals surface area contributed by atoms with E-state index in [0.29, 0.717) is 29.2 Å². The Morgan fingerprint density at radius 1 is 1.00 bits per heavy atom. The summed E-state index contributed by atoms with van der Waals surface area (Å²) in [6.45, 7) is -0.0613. The first kappa shape index (κ1) is 27.1. The maximum atomic E-state index is 13.8. The molecule has 0 spiro atoms. The predicted molar refractivity (Wildman–Crippen MR) is 147 cm³/mol. The third-order valence-corrected chi connectivity index (χ3v) is 9.89. The number of aliphatic carboxylic acids is 1. The van der Waals surface area contributed by atoms with Gasteiger partial charge in [-0.15, -0.1) is 0 Å². The molecular weight excluding hydrogens is 587 g/mol. The van der Waals surface area contributed by atoms with E-state index in [-0.39, 0.29) is 22.2 Å². The molecule has 40 heavy (non-hydrogen) atoms. The molecule has 4 fully saturated rings. The number of ether oxygens (including phenoxy) is 1. The summed E-state index contributed by atoms with van der Waals surface area (Å²) in [6.07, 6.45) is 1.02. The zero-order valence-corrected chi connectivity index (χ0v) is 23.2. The Kier molecular flexibility index (Phi) is 6.63. The molecule has 2 unspecified atom stereocenters. The van der Waals surface area contributed by atoms with Crippen molar-refractivity contribution in [1.29, 1.82) is 0 Å². The minimum absolute atomic E-state index is 0.0613. The Balaban J connectivity index is 1.29. The lowest BCUT2D eigenvalue weighted by molar-refractivity contribution is -0.149. The number of carbonyl (C=O) groups is 2. The Morgan fingerprint density at radius 2 is 1.68 bits per heavy atom. The summed E-state index contributed by atoms with van der Waals surface area (Å²) in [5.74, 6) is -0.424. The molecule has 4 bridgehead atoms. The number of carboxylic acid groups (broad SMARTS) is 1. The highest BCUT2D eigenvalue weighted by Crippen LogP contribution is 2.65. The van der Waals surface area contributed by atoms with Crippen LogP contribution in [0.4, 0.5) is 13.2 Å². The number of hydrogen-bond acceptors (Lipinski definition) is 3. The van der Waals surface area contributed by atoms with Crippen LogP contribution < -0.4 is 10.1 Å². The SMILES string of the molecule is O=C(N[C@H](C(=O)O)C12CC3CC(CC(Br)(C3)C1)C2)c1ccc2ccccc2c1OCc1ccc(C(F)(F)F)cc1. The molecule has 4 saturated carbocycles. The van der Waals surface area contributed by atoms with Crippen LogP contribution in [0, 0.1) is 17.3 Å². The molecule has 9 heteroatoms. The first-order valence-electron chi connectivity index (χ1n) is 13.5. The summed E-state index contributed by atoms with van der Waals surface area (Å²) < 4.78 is 45.0. The molecule has 210 valence electrons. The number of rotatable bonds is 7. The molecule has 4 aliphatic carbocycles. The lowest BCUT2D eigenvalue weighted by Gasteiger charge is -2.61. The van der Waals surface area contributed by atoms with E-state index in [1.807, 2.05) is 12.1 Å². The van der Waals surface area contributed by atoms with E-state index < -0.39 is 35.1 Å². The van der Waals surface area contributed by atoms with Crippen LogP contribution in [0.25, 0.3) is 10.8 Å². The molecule has 0 heterocycles. The van der Waals surface area contributed by atoms with E-state index in [1.54, 1.807) is 24.3 Å². The van der Waals surface area contributed by atoms with Gasteiger partial charge < -0.3 is 15.2 Å². The van der Waals surface area contributed by atoms with Gasteiger partial charge in [0.05, 0.1) is 11.1 Å². The second-order valence-electron chi connectivity index (χ2n) is 11.9. The van der Waals surface area contributed by atoms with Crippen molar-refractivity contribution in [1.82, 2.24) is 5.32 Å². The standard InChI is InChI=1S/C31H29BrF3NO4/c32-30-14-19-11-20(15-30)13-29(12-19,17-30)26(28(38)39)36-27(37)24-10-7-21-3-1-2-4-23(21)25(24)40-16-18-5-8-22(9-6-18)31(33,34)35/h1-10,19-20,26H,11-17H2,(H,36,37)(H,38,39)/t19?,20?,26-,29?,30?/m1/s1. The van der Waals surface area contributed by atoms with Crippen molar-refractivity contribution in [3.63, 3.8) is 0 Å². The number of alkyl halides is 4. The van der Waals surface area contributed by atoms with E-state index in [4.69, 9.17) is 4.74 Å². The smallest absolute Gasteiger partial charge is 0.416 e. The molecule has 3 atom stereocenters. The van der Waals surface area contributed by atoms with Gasteiger partial charge in [-0.3, -0.25) is 4.79 Å². The van der Waals surface area contributed by atoms with Crippen LogP contribution >= 0.6 is 15.9 Å². The average Bonchev–Trinajstić information content (AvgIpc) is 2.88. The van der Waals surface area contributed by atoms with Crippen LogP contribution in [0.2, 0.25) is 0 Å². The molecule has 3 aromatic carbocycles. The van der Waals surface area contributed by atoms with Gasteiger partial charge in [-0.1, -0.05) is 58.4 Å². The molecule has 2 N–H and O–H groups in total. The normalized spacial score (nSPS) is 27.9. The third kappa shape index (κ3) is 4.97. The minimum atomic E-state index is -4.44. The number of carboxylic acids is 1. The van der Waals surface area contributed by atoms with Crippen LogP contribution in [0.5, 0.6) is 5.75 Å². The van der Waals surface area contributed by atoms with Crippen LogP contribution in [0.15, 0.2) is 60.7 Å². The van der Waals surface area contributed by atoms with Crippen molar-refractivity contribution in [3.8, 4) is 5.75 Å². The van der Waals surface area contributed by atoms with Gasteiger partial charge in [0.1, 0.15) is 18.4 Å². The first-order valence-corrected chi connectivity index (χ1v) is 14.3. The summed E-state index contributed by atoms with van der Waals surface area (Å²) in [4.78, 5) is 26.4. The highest BCUT2D eigenvalue weighted by atomic mass is 79.9. The van der Waals surface area contributed by atoms with Crippen LogP contribution in [-0.2, 0) is 17.6 Å². The zero-order chi connectivity index (χ0) is 28.3. The van der Waals surface area contributed by atoms with Gasteiger partial charge in [-0.2, -0.15) is 13.2 Å². The summed E-state index contributed by atoms with van der Waals surface area (Å²) in [5, 5.41) is 14.7. The number of hydrogen-bond donors (Lipinski definition) is 2. The lowest BCUT2D eigenvalue weighted by atomic mass is 9.47. The molecule has 4 aliphatic rings. The highest BCUT2D eigenvalue weighted by molar-refractivity contribution is 9.10. The van der Waals surface area contributed by atoms with E-state index >= 15 is 0 Å². The van der Waals surface area contributed by atoms with Crippen LogP contribution in [0.3, 0.4) is 0 Å². The van der Waals surface area contributed by atoms with Crippen LogP contribution in [-0.4, -0.2) is 27.3 Å². The van der Waals surface area contributed by atoms with Crippen molar-refractivity contribution < 1.29 is 32.6 Å². The molecule has 7 rings (SSSR count). The quantitative estimate of drug-likeness (QED) is 0.272. The third-order valence-electron chi connectivity index (χ3n) is 8.96. The minimum Gasteiger partial charge on any atom is -0.487 e. The number of fused-ring (bicyclic) bond motifs is 1. The highest BCUT2D eigenvalue weighted by Gasteiger charge is 2.61. The number of halogens is 4. The molecule has 0 aromatic heterocycles. The number of benzene rings is 3. The maximum Gasteiger partial charge on any atom is 0.416 e. The van der Waals surface area contributed by atoms with Crippen molar-refractivity contribution in [2.75, 3.05) is 0 Å². The average molecular weight is 616 g/mol. The maximum absolute atomic E-state index is 13.8. The van der Waals surface area contributed by atoms with E-state index in [2.05, 4.69) is 21.2 Å². The molecule has 0 aliphatic heterocycles. The van der Waals surface area contributed by atoms with Crippen molar-refractivity contribution >= 4 is 38.6 Å². The summed E-state index contributed by atoms with van der Waals surface area (Å²) in [5.41, 5.74) is -0.578. The largest absolute Gasteiger partial charge is 0.487 e. The number of carbonyl (C=O) groups excluding carboxylic acids is 1. The van der Waals surface area contributed by atoms with Gasteiger partial charge in [-0.25, -0.2) is 4.79 Å². The first-order chi connectivity index (χ1) is 18.9. The molecule has 0 radical (unpaired) electrons. The topological polar surface area (TPSA) is 75.6 Å². The fraction of sp³-hybridized carbons (Fsp3) is 0.419. The second-order valence-corrected chi connectivity index (χ2v) is 13.5. The van der Waals surface area contributed by atoms with Gasteiger partial charge >= 0.3 is 12.1 Å². The Hall–Kier alpha value is -3.07. The lowest BCUT2D eigenvalue weighted by Crippen LogP contribution is -2.63. The van der Waals surface area contributed by atoms with Gasteiger partial charge in [0, 0.05) is 15.1 Å². The second kappa shape index (κ2) is 9.79. The molecular formula is C31H29BrF3NO4. The van der Waals surface area contributed by atoms with Crippen molar-refractivity contribution in [2.24, 2.45) is 17.3 Å². The van der Waals surface area contributed by atoms with Gasteiger partial charge in [0.2, 0.25) is 0 Å². The van der Waals surface area contributed by atoms with Crippen molar-refractivity contribution in [2.45, 2.75) is 61.7 Å². The van der Waals surface area contributed by atoms with E-state index in [1.165, 1.54) is 12.1 Å². The molecule has 1 amide bonds. The number of nitrogens with one attached hydrogen (secondary N) is 1. The van der Waals surface area contributed by atoms with E-state index in [9.17, 15) is 27.9 Å². The van der Waals surface area contributed by atoms with Crippen LogP contribution in [0.1, 0.15) is 60.0 Å². The van der Waals surface area contributed by atoms with Gasteiger partial charge in [0.25, 0.3) is 5.91 Å². The van der Waals surface area contributed by atoms with Gasteiger partial charge in [0.15, 0.2) is 0 Å². The Morgan fingerprint density at radius 3 is 2.30 bits per heavy atom. The summed E-state index contributed by atoms with van der Waals surface area (Å²) in [7, 11) is 0. The monoisotopic (exact) mass is 615 g/mol. The number of amides is 1. The Bertz CT molecular complexity index is 1460. The van der Waals surface area contributed by atoms with E-state index in [0.717, 1.165) is 49.6 Å². The Labute approximate surface area is 238 Å².